The zero-order chi connectivity index (χ0) is 13.7. The predicted molar refractivity (Wildman–Crippen MR) is 73.9 cm³/mol. The maximum atomic E-state index is 11.7. The van der Waals surface area contributed by atoms with Gasteiger partial charge in [0, 0.05) is 0 Å². The second kappa shape index (κ2) is 6.45. The number of nitrogens with two attached hydrogens (primary N) is 1. The first-order chi connectivity index (χ1) is 9.15. The summed E-state index contributed by atoms with van der Waals surface area (Å²) in [6.07, 6.45) is 4.33. The lowest BCUT2D eigenvalue weighted by Gasteiger charge is -2.26. The standard InChI is InChI=1S/C15H21NO3/c1-11-5-4-6-12(9-11)19-15(17)10-18-14-8-3-2-7-13(14)16/h2-3,7-8,11-12H,4-6,9-10,16H2,1H3. The molecular weight excluding hydrogens is 242 g/mol. The highest BCUT2D eigenvalue weighted by Crippen LogP contribution is 2.26. The van der Waals surface area contributed by atoms with Gasteiger partial charge in [0.05, 0.1) is 5.69 Å². The highest BCUT2D eigenvalue weighted by molar-refractivity contribution is 5.71. The van der Waals surface area contributed by atoms with Crippen molar-refractivity contribution in [2.45, 2.75) is 38.7 Å². The minimum atomic E-state index is -0.317. The largest absolute Gasteiger partial charge is 0.480 e. The number of benzene rings is 1. The molecule has 1 fully saturated rings. The van der Waals surface area contributed by atoms with E-state index in [9.17, 15) is 4.79 Å². The van der Waals surface area contributed by atoms with Crippen molar-refractivity contribution in [3.05, 3.63) is 24.3 Å². The van der Waals surface area contributed by atoms with Crippen molar-refractivity contribution in [1.82, 2.24) is 0 Å². The first-order valence-electron chi connectivity index (χ1n) is 6.82. The van der Waals surface area contributed by atoms with Crippen LogP contribution in [-0.2, 0) is 9.53 Å². The number of para-hydroxylation sites is 2. The fourth-order valence-corrected chi connectivity index (χ4v) is 2.45. The summed E-state index contributed by atoms with van der Waals surface area (Å²) in [5.41, 5.74) is 6.26. The quantitative estimate of drug-likeness (QED) is 0.670. The van der Waals surface area contributed by atoms with Crippen LogP contribution in [0, 0.1) is 5.92 Å². The maximum absolute atomic E-state index is 11.7. The Labute approximate surface area is 113 Å². The summed E-state index contributed by atoms with van der Waals surface area (Å²) in [5, 5.41) is 0. The lowest BCUT2D eigenvalue weighted by Crippen LogP contribution is -2.27. The van der Waals surface area contributed by atoms with E-state index in [1.807, 2.05) is 12.1 Å². The Morgan fingerprint density at radius 2 is 2.16 bits per heavy atom. The third-order valence-corrected chi connectivity index (χ3v) is 3.45. The van der Waals surface area contributed by atoms with E-state index < -0.39 is 0 Å². The van der Waals surface area contributed by atoms with E-state index in [0.717, 1.165) is 19.3 Å². The number of esters is 1. The van der Waals surface area contributed by atoms with Crippen LogP contribution in [0.2, 0.25) is 0 Å². The second-order valence-corrected chi connectivity index (χ2v) is 5.21. The Kier molecular flexibility index (Phi) is 4.66. The third-order valence-electron chi connectivity index (χ3n) is 3.45. The number of carbonyl (C=O) groups excluding carboxylic acids is 1. The molecule has 0 amide bonds. The van der Waals surface area contributed by atoms with Gasteiger partial charge in [-0.2, -0.15) is 0 Å². The number of hydrogen-bond donors (Lipinski definition) is 1. The summed E-state index contributed by atoms with van der Waals surface area (Å²) >= 11 is 0. The molecule has 2 rings (SSSR count). The smallest absolute Gasteiger partial charge is 0.344 e. The van der Waals surface area contributed by atoms with Gasteiger partial charge in [-0.15, -0.1) is 0 Å². The Morgan fingerprint density at radius 3 is 2.89 bits per heavy atom. The van der Waals surface area contributed by atoms with Crippen molar-refractivity contribution in [2.24, 2.45) is 5.92 Å². The fourth-order valence-electron chi connectivity index (χ4n) is 2.45. The molecule has 1 aliphatic rings. The van der Waals surface area contributed by atoms with Crippen molar-refractivity contribution < 1.29 is 14.3 Å². The molecular formula is C15H21NO3. The molecule has 2 N–H and O–H groups in total. The topological polar surface area (TPSA) is 61.5 Å². The first kappa shape index (κ1) is 13.7. The van der Waals surface area contributed by atoms with Gasteiger partial charge in [-0.1, -0.05) is 25.5 Å². The molecule has 1 aromatic rings. The molecule has 1 saturated carbocycles. The van der Waals surface area contributed by atoms with Gasteiger partial charge in [0.15, 0.2) is 6.61 Å². The van der Waals surface area contributed by atoms with E-state index in [4.69, 9.17) is 15.2 Å². The lowest BCUT2D eigenvalue weighted by molar-refractivity contribution is -0.153. The van der Waals surface area contributed by atoms with E-state index in [0.29, 0.717) is 17.4 Å². The van der Waals surface area contributed by atoms with Gasteiger partial charge in [-0.3, -0.25) is 0 Å². The van der Waals surface area contributed by atoms with Gasteiger partial charge in [0.25, 0.3) is 0 Å². The average molecular weight is 263 g/mol. The molecule has 4 heteroatoms. The molecule has 1 aromatic carbocycles. The van der Waals surface area contributed by atoms with Crippen LogP contribution in [0.15, 0.2) is 24.3 Å². The summed E-state index contributed by atoms with van der Waals surface area (Å²) in [6.45, 7) is 2.11. The molecule has 19 heavy (non-hydrogen) atoms. The average Bonchev–Trinajstić information content (AvgIpc) is 2.38. The third kappa shape index (κ3) is 4.16. The molecule has 0 aliphatic heterocycles. The van der Waals surface area contributed by atoms with Gasteiger partial charge in [-0.05, 0) is 37.3 Å². The van der Waals surface area contributed by atoms with Crippen molar-refractivity contribution in [3.63, 3.8) is 0 Å². The monoisotopic (exact) mass is 263 g/mol. The minimum Gasteiger partial charge on any atom is -0.480 e. The van der Waals surface area contributed by atoms with E-state index >= 15 is 0 Å². The van der Waals surface area contributed by atoms with Crippen molar-refractivity contribution in [2.75, 3.05) is 12.3 Å². The fraction of sp³-hybridized carbons (Fsp3) is 0.533. The highest BCUT2D eigenvalue weighted by atomic mass is 16.6. The Bertz CT molecular complexity index is 433. The van der Waals surface area contributed by atoms with Gasteiger partial charge in [-0.25, -0.2) is 4.79 Å². The molecule has 4 nitrogen and oxygen atoms in total. The van der Waals surface area contributed by atoms with Crippen molar-refractivity contribution >= 4 is 11.7 Å². The molecule has 0 aromatic heterocycles. The number of carbonyl (C=O) groups is 1. The van der Waals surface area contributed by atoms with Crippen LogP contribution in [0.25, 0.3) is 0 Å². The maximum Gasteiger partial charge on any atom is 0.344 e. The number of nitrogen functional groups attached to an aromatic ring is 1. The van der Waals surface area contributed by atoms with E-state index in [2.05, 4.69) is 6.92 Å². The summed E-state index contributed by atoms with van der Waals surface area (Å²) in [7, 11) is 0. The number of anilines is 1. The van der Waals surface area contributed by atoms with Crippen LogP contribution in [0.4, 0.5) is 5.69 Å². The van der Waals surface area contributed by atoms with Gasteiger partial charge < -0.3 is 15.2 Å². The normalized spacial score (nSPS) is 22.8. The second-order valence-electron chi connectivity index (χ2n) is 5.21. The van der Waals surface area contributed by atoms with Crippen LogP contribution >= 0.6 is 0 Å². The molecule has 0 saturated heterocycles. The van der Waals surface area contributed by atoms with Gasteiger partial charge in [0.2, 0.25) is 0 Å². The van der Waals surface area contributed by atoms with Crippen LogP contribution < -0.4 is 10.5 Å². The van der Waals surface area contributed by atoms with Gasteiger partial charge >= 0.3 is 5.97 Å². The zero-order valence-corrected chi connectivity index (χ0v) is 11.3. The van der Waals surface area contributed by atoms with E-state index in [1.165, 1.54) is 6.42 Å². The summed E-state index contributed by atoms with van der Waals surface area (Å²) < 4.78 is 10.8. The SMILES string of the molecule is CC1CCCC(OC(=O)COc2ccccc2N)C1. The molecule has 1 aliphatic carbocycles. The summed E-state index contributed by atoms with van der Waals surface area (Å²) in [4.78, 5) is 11.7. The van der Waals surface area contributed by atoms with Crippen molar-refractivity contribution in [3.8, 4) is 5.75 Å². The Morgan fingerprint density at radius 1 is 1.37 bits per heavy atom. The van der Waals surface area contributed by atoms with Crippen LogP contribution in [0.5, 0.6) is 5.75 Å². The van der Waals surface area contributed by atoms with Crippen LogP contribution in [0.1, 0.15) is 32.6 Å². The highest BCUT2D eigenvalue weighted by Gasteiger charge is 2.22. The first-order valence-corrected chi connectivity index (χ1v) is 6.82. The molecule has 0 radical (unpaired) electrons. The molecule has 0 spiro atoms. The Balaban J connectivity index is 1.77. The van der Waals surface area contributed by atoms with Gasteiger partial charge in [0.1, 0.15) is 11.9 Å². The van der Waals surface area contributed by atoms with Crippen molar-refractivity contribution in [1.29, 1.82) is 0 Å². The van der Waals surface area contributed by atoms with E-state index in [1.54, 1.807) is 12.1 Å². The number of hydrogen-bond acceptors (Lipinski definition) is 4. The molecule has 2 unspecified atom stereocenters. The molecule has 0 bridgehead atoms. The number of ether oxygens (including phenoxy) is 2. The number of rotatable bonds is 4. The molecule has 104 valence electrons. The molecule has 2 atom stereocenters. The summed E-state index contributed by atoms with van der Waals surface area (Å²) in [6, 6.07) is 7.12. The predicted octanol–water partition coefficient (Wildman–Crippen LogP) is 2.77. The van der Waals surface area contributed by atoms with Crippen LogP contribution in [0.3, 0.4) is 0 Å². The molecule has 0 heterocycles. The van der Waals surface area contributed by atoms with Crippen LogP contribution in [-0.4, -0.2) is 18.7 Å². The Hall–Kier alpha value is -1.71. The van der Waals surface area contributed by atoms with E-state index in [-0.39, 0.29) is 18.7 Å². The lowest BCUT2D eigenvalue weighted by atomic mass is 9.89. The zero-order valence-electron chi connectivity index (χ0n) is 11.3. The minimum absolute atomic E-state index is 0.0490. The summed E-state index contributed by atoms with van der Waals surface area (Å²) in [5.74, 6) is 0.844.